The minimum Gasteiger partial charge on any atom is -0.497 e. The van der Waals surface area contributed by atoms with Crippen LogP contribution in [0.15, 0.2) is 24.3 Å². The Morgan fingerprint density at radius 1 is 1.29 bits per heavy atom. The van der Waals surface area contributed by atoms with E-state index in [1.807, 2.05) is 12.5 Å². The first-order valence-electron chi connectivity index (χ1n) is 4.23. The van der Waals surface area contributed by atoms with Crippen molar-refractivity contribution < 1.29 is 9.53 Å². The van der Waals surface area contributed by atoms with Crippen molar-refractivity contribution in [3.8, 4) is 5.75 Å². The van der Waals surface area contributed by atoms with Gasteiger partial charge in [0.05, 0.1) is 7.11 Å². The van der Waals surface area contributed by atoms with Crippen LogP contribution < -0.4 is 4.74 Å². The summed E-state index contributed by atoms with van der Waals surface area (Å²) in [5.41, 5.74) is 0.715. The van der Waals surface area contributed by atoms with E-state index >= 15 is 0 Å². The van der Waals surface area contributed by atoms with Crippen LogP contribution in [-0.2, 0) is 0 Å². The molecule has 0 aromatic heterocycles. The summed E-state index contributed by atoms with van der Waals surface area (Å²) in [4.78, 5) is 11.6. The number of benzene rings is 1. The molecular formula is C11H14O2S. The van der Waals surface area contributed by atoms with E-state index < -0.39 is 0 Å². The summed E-state index contributed by atoms with van der Waals surface area (Å²) >= 11 is 0. The van der Waals surface area contributed by atoms with E-state index in [2.05, 4.69) is 0 Å². The molecule has 1 rings (SSSR count). The van der Waals surface area contributed by atoms with Gasteiger partial charge in [0.15, 0.2) is 5.78 Å². The van der Waals surface area contributed by atoms with Gasteiger partial charge >= 0.3 is 0 Å². The van der Waals surface area contributed by atoms with Gasteiger partial charge in [-0.15, -0.1) is 0 Å². The average Bonchev–Trinajstić information content (AvgIpc) is 2.17. The van der Waals surface area contributed by atoms with Crippen LogP contribution in [0, 0.1) is 0 Å². The number of hydrogen-bond acceptors (Lipinski definition) is 2. The normalized spacial score (nSPS) is 10.0. The third-order valence-electron chi connectivity index (χ3n) is 1.72. The largest absolute Gasteiger partial charge is 0.497 e. The lowest BCUT2D eigenvalue weighted by Crippen LogP contribution is -1.99. The number of carbonyl (C=O) groups excluding carboxylic acids is 1. The molecule has 0 amide bonds. The van der Waals surface area contributed by atoms with Gasteiger partial charge in [0.1, 0.15) is 5.75 Å². The van der Waals surface area contributed by atoms with Crippen molar-refractivity contribution in [2.75, 3.05) is 19.6 Å². The van der Waals surface area contributed by atoms with Crippen molar-refractivity contribution >= 4 is 21.6 Å². The topological polar surface area (TPSA) is 26.3 Å². The van der Waals surface area contributed by atoms with E-state index in [0.29, 0.717) is 5.56 Å². The van der Waals surface area contributed by atoms with Gasteiger partial charge in [0.25, 0.3) is 0 Å². The number of ketones is 1. The van der Waals surface area contributed by atoms with Gasteiger partial charge in [-0.1, -0.05) is 0 Å². The second-order valence-corrected chi connectivity index (χ2v) is 5.09. The number of hydrogen-bond donors (Lipinski definition) is 0. The lowest BCUT2D eigenvalue weighted by Gasteiger charge is -2.00. The maximum Gasteiger partial charge on any atom is 0.191 e. The molecule has 3 heteroatoms. The smallest absolute Gasteiger partial charge is 0.191 e. The van der Waals surface area contributed by atoms with Crippen molar-refractivity contribution in [3.05, 3.63) is 29.8 Å². The molecule has 0 aliphatic heterocycles. The highest BCUT2D eigenvalue weighted by Gasteiger charge is 2.01. The Hall–Kier alpha value is -1.09. The number of methoxy groups -OCH3 is 1. The second-order valence-electron chi connectivity index (χ2n) is 3.09. The molecule has 1 aromatic carbocycles. The van der Waals surface area contributed by atoms with Crippen LogP contribution in [0.2, 0.25) is 0 Å². The highest BCUT2D eigenvalue weighted by molar-refractivity contribution is 8.14. The third kappa shape index (κ3) is 3.00. The first kappa shape index (κ1) is 11.0. The van der Waals surface area contributed by atoms with E-state index in [9.17, 15) is 4.79 Å². The van der Waals surface area contributed by atoms with E-state index in [-0.39, 0.29) is 16.3 Å². The first-order chi connectivity index (χ1) is 6.63. The van der Waals surface area contributed by atoms with Crippen molar-refractivity contribution in [3.63, 3.8) is 0 Å². The van der Waals surface area contributed by atoms with Crippen molar-refractivity contribution in [1.82, 2.24) is 0 Å². The Morgan fingerprint density at radius 3 is 2.29 bits per heavy atom. The Labute approximate surface area is 86.8 Å². The van der Waals surface area contributed by atoms with E-state index in [4.69, 9.17) is 4.74 Å². The highest BCUT2D eigenvalue weighted by Crippen LogP contribution is 2.12. The molecule has 0 spiro atoms. The summed E-state index contributed by atoms with van der Waals surface area (Å²) in [7, 11) is 1.65. The molecule has 76 valence electrons. The quantitative estimate of drug-likeness (QED) is 0.565. The molecule has 0 saturated heterocycles. The van der Waals surface area contributed by atoms with Crippen LogP contribution in [0.1, 0.15) is 10.4 Å². The Balaban J connectivity index is 2.87. The molecule has 0 radical (unpaired) electrons. The monoisotopic (exact) mass is 210 g/mol. The van der Waals surface area contributed by atoms with Crippen LogP contribution >= 0.6 is 10.5 Å². The summed E-state index contributed by atoms with van der Waals surface area (Å²) in [6.45, 7) is 0. The maximum absolute atomic E-state index is 11.6. The van der Waals surface area contributed by atoms with Crippen molar-refractivity contribution in [2.45, 2.75) is 0 Å². The average molecular weight is 210 g/mol. The van der Waals surface area contributed by atoms with Crippen LogP contribution in [0.5, 0.6) is 5.75 Å². The Morgan fingerprint density at radius 2 is 1.86 bits per heavy atom. The first-order valence-corrected chi connectivity index (χ1v) is 6.33. The van der Waals surface area contributed by atoms with Crippen LogP contribution in [0.4, 0.5) is 0 Å². The van der Waals surface area contributed by atoms with Crippen molar-refractivity contribution in [2.24, 2.45) is 0 Å². The van der Waals surface area contributed by atoms with Gasteiger partial charge in [0, 0.05) is 10.9 Å². The molecule has 14 heavy (non-hydrogen) atoms. The van der Waals surface area contributed by atoms with E-state index in [1.165, 1.54) is 0 Å². The predicted molar refractivity (Wildman–Crippen MR) is 62.8 cm³/mol. The lowest BCUT2D eigenvalue weighted by atomic mass is 10.1. The van der Waals surface area contributed by atoms with E-state index in [1.54, 1.807) is 36.7 Å². The van der Waals surface area contributed by atoms with Crippen molar-refractivity contribution in [1.29, 1.82) is 0 Å². The molecule has 0 heterocycles. The SMILES string of the molecule is COc1ccc(C(=O)C=S(C)C)cc1. The molecule has 0 saturated carbocycles. The zero-order chi connectivity index (χ0) is 10.6. The standard InChI is InChI=1S/C11H14O2S/c1-13-10-6-4-9(5-7-10)11(12)8-14(2)3/h4-8H,1-3H3. The van der Waals surface area contributed by atoms with Gasteiger partial charge in [-0.05, 0) is 36.8 Å². The molecule has 0 aliphatic carbocycles. The minimum atomic E-state index is 0.0409. The minimum absolute atomic E-state index is 0.0409. The maximum atomic E-state index is 11.6. The molecule has 0 fully saturated rings. The predicted octanol–water partition coefficient (Wildman–Crippen LogP) is 2.21. The Bertz CT molecular complexity index is 348. The molecule has 0 aliphatic rings. The lowest BCUT2D eigenvalue weighted by molar-refractivity contribution is 0.107. The molecular weight excluding hydrogens is 196 g/mol. The van der Waals surface area contributed by atoms with Crippen LogP contribution in [0.3, 0.4) is 0 Å². The van der Waals surface area contributed by atoms with Gasteiger partial charge in [0.2, 0.25) is 0 Å². The fourth-order valence-corrected chi connectivity index (χ4v) is 1.60. The summed E-state index contributed by atoms with van der Waals surface area (Å²) < 4.78 is 5.01. The molecule has 0 bridgehead atoms. The molecule has 0 atom stereocenters. The molecule has 0 N–H and O–H groups in total. The van der Waals surface area contributed by atoms with Gasteiger partial charge < -0.3 is 4.74 Å². The number of Topliss-reactive ketones (excluding diaryl/α,β-unsaturated/α-hetero) is 1. The van der Waals surface area contributed by atoms with Gasteiger partial charge in [-0.25, -0.2) is 0 Å². The number of rotatable bonds is 3. The number of carbonyl (C=O) groups is 1. The third-order valence-corrected chi connectivity index (χ3v) is 2.40. The molecule has 0 unspecified atom stereocenters. The number of ether oxygens (including phenoxy) is 1. The summed E-state index contributed by atoms with van der Waals surface area (Å²) in [6.07, 6.45) is 4.03. The summed E-state index contributed by atoms with van der Waals surface area (Å²) in [6, 6.07) is 7.16. The highest BCUT2D eigenvalue weighted by atomic mass is 32.2. The fraction of sp³-hybridized carbons (Fsp3) is 0.273. The zero-order valence-corrected chi connectivity index (χ0v) is 9.43. The van der Waals surface area contributed by atoms with E-state index in [0.717, 1.165) is 5.75 Å². The fourth-order valence-electron chi connectivity index (χ4n) is 1.04. The Kier molecular flexibility index (Phi) is 3.89. The molecule has 2 nitrogen and oxygen atoms in total. The van der Waals surface area contributed by atoms with Gasteiger partial charge in [-0.3, -0.25) is 4.79 Å². The second kappa shape index (κ2) is 4.96. The zero-order valence-electron chi connectivity index (χ0n) is 8.61. The van der Waals surface area contributed by atoms with Gasteiger partial charge in [-0.2, -0.15) is 10.5 Å². The van der Waals surface area contributed by atoms with Crippen LogP contribution in [0.25, 0.3) is 0 Å². The molecule has 1 aromatic rings. The summed E-state index contributed by atoms with van der Waals surface area (Å²) in [5.74, 6) is 0.856. The summed E-state index contributed by atoms with van der Waals surface area (Å²) in [5, 5.41) is 1.74. The van der Waals surface area contributed by atoms with Crippen LogP contribution in [-0.4, -0.2) is 30.8 Å².